The van der Waals surface area contributed by atoms with Gasteiger partial charge in [-0.05, 0) is 28.8 Å². The molecule has 0 amide bonds. The molecule has 0 fully saturated rings. The summed E-state index contributed by atoms with van der Waals surface area (Å²) in [6.45, 7) is 2.42. The van der Waals surface area contributed by atoms with Crippen LogP contribution in [0.1, 0.15) is 18.1 Å². The number of hydrogen-bond donors (Lipinski definition) is 0. The predicted octanol–water partition coefficient (Wildman–Crippen LogP) is 3.06. The van der Waals surface area contributed by atoms with Gasteiger partial charge >= 0.3 is 5.63 Å². The monoisotopic (exact) mass is 332 g/mol. The number of rotatable bonds is 4. The number of aromatic nitrogens is 4. The van der Waals surface area contributed by atoms with Crippen LogP contribution >= 0.6 is 0 Å². The Balaban J connectivity index is 1.71. The smallest absolute Gasteiger partial charge is 0.336 e. The fourth-order valence-corrected chi connectivity index (χ4v) is 2.79. The summed E-state index contributed by atoms with van der Waals surface area (Å²) < 4.78 is 5.34. The molecule has 0 saturated carbocycles. The third-order valence-corrected chi connectivity index (χ3v) is 4.10. The summed E-state index contributed by atoms with van der Waals surface area (Å²) in [4.78, 5) is 13.4. The number of fused-ring (bicyclic) bond motifs is 1. The molecule has 0 unspecified atom stereocenters. The van der Waals surface area contributed by atoms with Gasteiger partial charge in [-0.1, -0.05) is 49.4 Å². The Labute approximate surface area is 143 Å². The first-order valence-corrected chi connectivity index (χ1v) is 8.12. The van der Waals surface area contributed by atoms with E-state index in [1.54, 1.807) is 0 Å². The fourth-order valence-electron chi connectivity index (χ4n) is 2.79. The van der Waals surface area contributed by atoms with E-state index in [1.807, 2.05) is 48.5 Å². The lowest BCUT2D eigenvalue weighted by Crippen LogP contribution is -2.08. The second kappa shape index (κ2) is 6.32. The van der Waals surface area contributed by atoms with Crippen molar-refractivity contribution in [2.75, 3.05) is 0 Å². The molecule has 4 rings (SSSR count). The van der Waals surface area contributed by atoms with Crippen molar-refractivity contribution in [3.63, 3.8) is 0 Å². The van der Waals surface area contributed by atoms with E-state index in [2.05, 4.69) is 22.3 Å². The second-order valence-corrected chi connectivity index (χ2v) is 5.78. The highest BCUT2D eigenvalue weighted by Crippen LogP contribution is 2.20. The first-order valence-electron chi connectivity index (χ1n) is 8.12. The number of tetrazole rings is 1. The zero-order valence-corrected chi connectivity index (χ0v) is 13.7. The van der Waals surface area contributed by atoms with Gasteiger partial charge in [0.05, 0.1) is 6.54 Å². The SMILES string of the molecule is CCc1ccc2c(Cn3nnc(-c4ccccc4)n3)cc(=O)oc2c1. The van der Waals surface area contributed by atoms with Gasteiger partial charge in [-0.3, -0.25) is 0 Å². The first-order chi connectivity index (χ1) is 12.2. The van der Waals surface area contributed by atoms with Crippen LogP contribution in [-0.2, 0) is 13.0 Å². The van der Waals surface area contributed by atoms with Crippen molar-refractivity contribution in [2.24, 2.45) is 0 Å². The lowest BCUT2D eigenvalue weighted by Gasteiger charge is -2.05. The molecule has 2 aromatic heterocycles. The summed E-state index contributed by atoms with van der Waals surface area (Å²) in [6.07, 6.45) is 0.884. The van der Waals surface area contributed by atoms with Gasteiger partial charge in [-0.2, -0.15) is 4.80 Å². The van der Waals surface area contributed by atoms with Crippen LogP contribution in [0.5, 0.6) is 0 Å². The number of nitrogens with zero attached hydrogens (tertiary/aromatic N) is 4. The van der Waals surface area contributed by atoms with Gasteiger partial charge in [0.1, 0.15) is 5.58 Å². The molecule has 6 heteroatoms. The third-order valence-electron chi connectivity index (χ3n) is 4.10. The molecular weight excluding hydrogens is 316 g/mol. The molecule has 124 valence electrons. The Kier molecular flexibility index (Phi) is 3.85. The van der Waals surface area contributed by atoms with E-state index in [0.29, 0.717) is 18.0 Å². The Morgan fingerprint density at radius 2 is 1.92 bits per heavy atom. The van der Waals surface area contributed by atoms with Crippen LogP contribution in [0, 0.1) is 0 Å². The molecule has 0 bridgehead atoms. The normalized spacial score (nSPS) is 11.1. The summed E-state index contributed by atoms with van der Waals surface area (Å²) in [5.41, 5.74) is 3.05. The number of aryl methyl sites for hydroxylation is 1. The van der Waals surface area contributed by atoms with Crippen LogP contribution in [0.25, 0.3) is 22.4 Å². The van der Waals surface area contributed by atoms with E-state index in [0.717, 1.165) is 28.5 Å². The summed E-state index contributed by atoms with van der Waals surface area (Å²) in [5.74, 6) is 0.557. The van der Waals surface area contributed by atoms with Crippen molar-refractivity contribution >= 4 is 11.0 Å². The summed E-state index contributed by atoms with van der Waals surface area (Å²) in [5, 5.41) is 13.5. The molecule has 0 N–H and O–H groups in total. The van der Waals surface area contributed by atoms with E-state index in [4.69, 9.17) is 4.42 Å². The minimum atomic E-state index is -0.376. The van der Waals surface area contributed by atoms with Crippen LogP contribution in [0.15, 0.2) is 63.8 Å². The van der Waals surface area contributed by atoms with E-state index in [1.165, 1.54) is 10.9 Å². The largest absolute Gasteiger partial charge is 0.423 e. The van der Waals surface area contributed by atoms with Gasteiger partial charge in [0.25, 0.3) is 0 Å². The summed E-state index contributed by atoms with van der Waals surface area (Å²) in [7, 11) is 0. The minimum absolute atomic E-state index is 0.355. The van der Waals surface area contributed by atoms with Gasteiger partial charge in [-0.15, -0.1) is 10.2 Å². The fraction of sp³-hybridized carbons (Fsp3) is 0.158. The molecule has 0 aliphatic carbocycles. The van der Waals surface area contributed by atoms with E-state index in [9.17, 15) is 4.79 Å². The van der Waals surface area contributed by atoms with Crippen molar-refractivity contribution in [1.82, 2.24) is 20.2 Å². The third kappa shape index (κ3) is 3.06. The zero-order chi connectivity index (χ0) is 17.2. The molecular formula is C19H16N4O2. The van der Waals surface area contributed by atoms with Crippen LogP contribution in [0.2, 0.25) is 0 Å². The summed E-state index contributed by atoms with van der Waals surface area (Å²) in [6, 6.07) is 17.1. The van der Waals surface area contributed by atoms with Gasteiger partial charge in [0.15, 0.2) is 0 Å². The highest BCUT2D eigenvalue weighted by atomic mass is 16.4. The zero-order valence-electron chi connectivity index (χ0n) is 13.7. The standard InChI is InChI=1S/C19H16N4O2/c1-2-13-8-9-16-15(11-18(24)25-17(16)10-13)12-23-21-19(20-22-23)14-6-4-3-5-7-14/h3-11H,2,12H2,1H3. The predicted molar refractivity (Wildman–Crippen MR) is 94.2 cm³/mol. The number of hydrogen-bond acceptors (Lipinski definition) is 5. The van der Waals surface area contributed by atoms with Crippen LogP contribution in [-0.4, -0.2) is 20.2 Å². The van der Waals surface area contributed by atoms with Crippen molar-refractivity contribution in [2.45, 2.75) is 19.9 Å². The molecule has 0 aliphatic heterocycles. The van der Waals surface area contributed by atoms with Crippen molar-refractivity contribution in [1.29, 1.82) is 0 Å². The lowest BCUT2D eigenvalue weighted by atomic mass is 10.1. The number of benzene rings is 2. The molecule has 2 aromatic carbocycles. The minimum Gasteiger partial charge on any atom is -0.423 e. The highest BCUT2D eigenvalue weighted by Gasteiger charge is 2.10. The van der Waals surface area contributed by atoms with Gasteiger partial charge in [0, 0.05) is 17.0 Å². The first kappa shape index (κ1) is 15.3. The van der Waals surface area contributed by atoms with Crippen molar-refractivity contribution < 1.29 is 4.42 Å². The maximum atomic E-state index is 11.9. The highest BCUT2D eigenvalue weighted by molar-refractivity contribution is 5.80. The summed E-state index contributed by atoms with van der Waals surface area (Å²) >= 11 is 0. The van der Waals surface area contributed by atoms with Gasteiger partial charge < -0.3 is 4.42 Å². The van der Waals surface area contributed by atoms with Gasteiger partial charge in [-0.25, -0.2) is 4.79 Å². The molecule has 2 heterocycles. The Morgan fingerprint density at radius 1 is 1.08 bits per heavy atom. The quantitative estimate of drug-likeness (QED) is 0.537. The Morgan fingerprint density at radius 3 is 2.72 bits per heavy atom. The van der Waals surface area contributed by atoms with Crippen LogP contribution in [0.4, 0.5) is 0 Å². The van der Waals surface area contributed by atoms with Crippen LogP contribution < -0.4 is 5.63 Å². The maximum absolute atomic E-state index is 11.9. The molecule has 0 atom stereocenters. The topological polar surface area (TPSA) is 73.8 Å². The van der Waals surface area contributed by atoms with Gasteiger partial charge in [0.2, 0.25) is 5.82 Å². The molecule has 4 aromatic rings. The van der Waals surface area contributed by atoms with Crippen molar-refractivity contribution in [3.05, 3.63) is 76.1 Å². The molecule has 0 saturated heterocycles. The molecule has 0 radical (unpaired) electrons. The van der Waals surface area contributed by atoms with E-state index in [-0.39, 0.29) is 5.63 Å². The average molecular weight is 332 g/mol. The average Bonchev–Trinajstić information content (AvgIpc) is 3.10. The molecule has 0 spiro atoms. The lowest BCUT2D eigenvalue weighted by molar-refractivity contribution is 0.545. The van der Waals surface area contributed by atoms with E-state index < -0.39 is 0 Å². The van der Waals surface area contributed by atoms with Crippen molar-refractivity contribution in [3.8, 4) is 11.4 Å². The maximum Gasteiger partial charge on any atom is 0.336 e. The Bertz CT molecular complexity index is 1080. The van der Waals surface area contributed by atoms with Crippen LogP contribution in [0.3, 0.4) is 0 Å². The molecule has 6 nitrogen and oxygen atoms in total. The molecule has 0 aliphatic rings. The second-order valence-electron chi connectivity index (χ2n) is 5.78. The Hall–Kier alpha value is -3.28. The molecule has 25 heavy (non-hydrogen) atoms. The van der Waals surface area contributed by atoms with E-state index >= 15 is 0 Å².